The summed E-state index contributed by atoms with van der Waals surface area (Å²) in [5.41, 5.74) is 2.10. The summed E-state index contributed by atoms with van der Waals surface area (Å²) in [5.74, 6) is -2.25. The van der Waals surface area contributed by atoms with Gasteiger partial charge in [-0.3, -0.25) is 0 Å². The normalized spacial score (nSPS) is 28.5. The third-order valence-electron chi connectivity index (χ3n) is 10.4. The van der Waals surface area contributed by atoms with E-state index < -0.39 is 92.2 Å². The van der Waals surface area contributed by atoms with Crippen molar-refractivity contribution < 1.29 is 67.2 Å². The maximum absolute atomic E-state index is 13.7. The number of hydrogen-bond acceptors (Lipinski definition) is 14. The van der Waals surface area contributed by atoms with E-state index in [1.807, 2.05) is 60.7 Å². The molecule has 2 N–H and O–H groups in total. The fraction of sp³-hybridized carbons (Fsp3) is 0.298. The molecular weight excluding hydrogens is 789 g/mol. The highest BCUT2D eigenvalue weighted by Gasteiger charge is 2.56. The Labute approximate surface area is 351 Å². The Morgan fingerprint density at radius 1 is 0.557 bits per heavy atom. The number of fused-ring (bicyclic) bond motifs is 1. The summed E-state index contributed by atoms with van der Waals surface area (Å²) in [4.78, 5) is 40.6. The first-order valence-electron chi connectivity index (χ1n) is 19.9. The van der Waals surface area contributed by atoms with E-state index in [9.17, 15) is 24.6 Å². The molecule has 0 radical (unpaired) electrons. The molecule has 3 heterocycles. The third-order valence-corrected chi connectivity index (χ3v) is 10.4. The molecule has 0 saturated carbocycles. The SMILES string of the molecule is O=C(OC[C@H]1O[C@@H](OCc2ccccc2)[C@H](O)[C@@H](OC(=O)c2ccccc2)[C@@H]1O[C@@H]1O[C@@H]2CO[C@@H](c3ccccc3)O[C@H]2[C@H](OC(=O)c2ccccc2)[C@H]1O)c1ccccc1. The number of benzene rings is 5. The Balaban J connectivity index is 1.11. The van der Waals surface area contributed by atoms with Crippen LogP contribution < -0.4 is 0 Å². The smallest absolute Gasteiger partial charge is 0.338 e. The van der Waals surface area contributed by atoms with E-state index in [0.717, 1.165) is 5.56 Å². The van der Waals surface area contributed by atoms with Crippen LogP contribution in [-0.2, 0) is 49.2 Å². The summed E-state index contributed by atoms with van der Waals surface area (Å²) in [5, 5.41) is 24.0. The predicted molar refractivity (Wildman–Crippen MR) is 213 cm³/mol. The lowest BCUT2D eigenvalue weighted by molar-refractivity contribution is -0.385. The maximum Gasteiger partial charge on any atom is 0.338 e. The van der Waals surface area contributed by atoms with Crippen LogP contribution in [0.1, 0.15) is 48.5 Å². The van der Waals surface area contributed by atoms with Gasteiger partial charge in [-0.2, -0.15) is 0 Å². The zero-order valence-corrected chi connectivity index (χ0v) is 32.7. The summed E-state index contributed by atoms with van der Waals surface area (Å²) < 4.78 is 55.3. The van der Waals surface area contributed by atoms with Crippen molar-refractivity contribution in [2.45, 2.75) is 74.3 Å². The van der Waals surface area contributed by atoms with Crippen molar-refractivity contribution in [1.29, 1.82) is 0 Å². The van der Waals surface area contributed by atoms with Gasteiger partial charge in [-0.15, -0.1) is 0 Å². The Kier molecular flexibility index (Phi) is 13.5. The van der Waals surface area contributed by atoms with Gasteiger partial charge in [0.15, 0.2) is 31.1 Å². The fourth-order valence-corrected chi connectivity index (χ4v) is 7.31. The first-order chi connectivity index (χ1) is 29.8. The van der Waals surface area contributed by atoms with Crippen LogP contribution in [0.25, 0.3) is 0 Å². The predicted octanol–water partition coefficient (Wildman–Crippen LogP) is 5.18. The van der Waals surface area contributed by atoms with Gasteiger partial charge in [-0.25, -0.2) is 14.4 Å². The molecule has 5 aromatic carbocycles. The van der Waals surface area contributed by atoms with Crippen LogP contribution in [0.3, 0.4) is 0 Å². The van der Waals surface area contributed by atoms with Crippen LogP contribution in [0.2, 0.25) is 0 Å². The molecule has 0 unspecified atom stereocenters. The Morgan fingerprint density at radius 2 is 1.07 bits per heavy atom. The Morgan fingerprint density at radius 3 is 1.66 bits per heavy atom. The molecule has 0 amide bonds. The van der Waals surface area contributed by atoms with Crippen molar-refractivity contribution in [3.63, 3.8) is 0 Å². The highest BCUT2D eigenvalue weighted by Crippen LogP contribution is 2.38. The van der Waals surface area contributed by atoms with Gasteiger partial charge >= 0.3 is 17.9 Å². The minimum atomic E-state index is -1.73. The molecule has 3 aliphatic heterocycles. The molecule has 61 heavy (non-hydrogen) atoms. The Bertz CT molecular complexity index is 2180. The molecular formula is C47H44O14. The number of esters is 3. The van der Waals surface area contributed by atoms with Gasteiger partial charge in [0.05, 0.1) is 29.9 Å². The van der Waals surface area contributed by atoms with E-state index in [-0.39, 0.29) is 29.9 Å². The zero-order valence-electron chi connectivity index (χ0n) is 32.7. The lowest BCUT2D eigenvalue weighted by atomic mass is 9.95. The van der Waals surface area contributed by atoms with Crippen LogP contribution >= 0.6 is 0 Å². The van der Waals surface area contributed by atoms with Crippen LogP contribution in [-0.4, -0.2) is 103 Å². The number of carbonyl (C=O) groups is 3. The highest BCUT2D eigenvalue weighted by molar-refractivity contribution is 5.90. The molecule has 14 nitrogen and oxygen atoms in total. The highest BCUT2D eigenvalue weighted by atomic mass is 16.8. The van der Waals surface area contributed by atoms with Gasteiger partial charge in [0.25, 0.3) is 0 Å². The molecule has 0 aromatic heterocycles. The van der Waals surface area contributed by atoms with E-state index >= 15 is 0 Å². The molecule has 3 fully saturated rings. The fourth-order valence-electron chi connectivity index (χ4n) is 7.31. The average molecular weight is 833 g/mol. The Hall–Kier alpha value is -5.81. The number of ether oxygens (including phenoxy) is 9. The number of hydrogen-bond donors (Lipinski definition) is 2. The van der Waals surface area contributed by atoms with Crippen LogP contribution in [0.5, 0.6) is 0 Å². The van der Waals surface area contributed by atoms with Gasteiger partial charge in [0.1, 0.15) is 43.2 Å². The zero-order chi connectivity index (χ0) is 42.1. The molecule has 3 saturated heterocycles. The van der Waals surface area contributed by atoms with Crippen molar-refractivity contribution in [2.75, 3.05) is 13.2 Å². The van der Waals surface area contributed by atoms with Crippen LogP contribution in [0.4, 0.5) is 0 Å². The lowest BCUT2D eigenvalue weighted by Gasteiger charge is -2.49. The second-order valence-corrected chi connectivity index (χ2v) is 14.6. The van der Waals surface area contributed by atoms with E-state index in [1.165, 1.54) is 12.1 Å². The summed E-state index contributed by atoms with van der Waals surface area (Å²) >= 11 is 0. The van der Waals surface area contributed by atoms with Crippen LogP contribution in [0, 0.1) is 0 Å². The largest absolute Gasteiger partial charge is 0.459 e. The molecule has 0 spiro atoms. The molecule has 14 heteroatoms. The molecule has 0 aliphatic carbocycles. The standard InChI is InChI=1S/C47H44O14/c48-36-40(58-43(51)31-20-10-3-11-21-31)39(34(27-53-42(50)30-18-8-2-9-19-30)56-46(36)54-26-29-16-6-1-7-17-29)61-47-37(49)41(59-44(52)32-22-12-4-13-23-32)38-35(57-47)28-55-45(60-38)33-24-14-5-15-25-33/h1-25,34-41,45-49H,26-28H2/t34-,35-,36-,37-,38-,39-,40-,41-,45-,46-,47+/m1/s1. The summed E-state index contributed by atoms with van der Waals surface area (Å²) in [6.07, 6.45) is -15.1. The summed E-state index contributed by atoms with van der Waals surface area (Å²) in [7, 11) is 0. The van der Waals surface area contributed by atoms with Gasteiger partial charge in [0.2, 0.25) is 0 Å². The first-order valence-corrected chi connectivity index (χ1v) is 19.9. The average Bonchev–Trinajstić information content (AvgIpc) is 3.31. The monoisotopic (exact) mass is 832 g/mol. The van der Waals surface area contributed by atoms with Gasteiger partial charge in [-0.05, 0) is 42.0 Å². The number of rotatable bonds is 13. The van der Waals surface area contributed by atoms with Gasteiger partial charge in [0, 0.05) is 5.56 Å². The minimum Gasteiger partial charge on any atom is -0.459 e. The second-order valence-electron chi connectivity index (χ2n) is 14.6. The number of aliphatic hydroxyl groups excluding tert-OH is 2. The van der Waals surface area contributed by atoms with Crippen molar-refractivity contribution in [3.05, 3.63) is 179 Å². The summed E-state index contributed by atoms with van der Waals surface area (Å²) in [6, 6.07) is 42.9. The van der Waals surface area contributed by atoms with Crippen molar-refractivity contribution in [2.24, 2.45) is 0 Å². The van der Waals surface area contributed by atoms with E-state index in [0.29, 0.717) is 5.56 Å². The van der Waals surface area contributed by atoms with E-state index in [2.05, 4.69) is 0 Å². The van der Waals surface area contributed by atoms with Crippen molar-refractivity contribution in [1.82, 2.24) is 0 Å². The molecule has 5 aromatic rings. The second kappa shape index (κ2) is 19.7. The van der Waals surface area contributed by atoms with E-state index in [1.54, 1.807) is 78.9 Å². The molecule has 11 atom stereocenters. The lowest BCUT2D eigenvalue weighted by Crippen LogP contribution is -2.67. The number of aliphatic hydroxyl groups is 2. The summed E-state index contributed by atoms with van der Waals surface area (Å²) in [6.45, 7) is -0.558. The van der Waals surface area contributed by atoms with Crippen molar-refractivity contribution >= 4 is 17.9 Å². The number of carbonyl (C=O) groups excluding carboxylic acids is 3. The topological polar surface area (TPSA) is 175 Å². The molecule has 3 aliphatic rings. The maximum atomic E-state index is 13.7. The minimum absolute atomic E-state index is 0.00405. The van der Waals surface area contributed by atoms with E-state index in [4.69, 9.17) is 42.6 Å². The van der Waals surface area contributed by atoms with Crippen molar-refractivity contribution in [3.8, 4) is 0 Å². The van der Waals surface area contributed by atoms with Crippen LogP contribution in [0.15, 0.2) is 152 Å². The third kappa shape index (κ3) is 10.0. The molecule has 0 bridgehead atoms. The van der Waals surface area contributed by atoms with Gasteiger partial charge < -0.3 is 52.8 Å². The van der Waals surface area contributed by atoms with Gasteiger partial charge in [-0.1, -0.05) is 115 Å². The molecule has 316 valence electrons. The molecule has 8 rings (SSSR count). The quantitative estimate of drug-likeness (QED) is 0.117. The first kappa shape index (κ1) is 41.9.